The van der Waals surface area contributed by atoms with Crippen molar-refractivity contribution in [2.75, 3.05) is 0 Å². The average Bonchev–Trinajstić information content (AvgIpc) is 3.34. The topological polar surface area (TPSA) is 46.0 Å². The van der Waals surface area contributed by atoms with Gasteiger partial charge >= 0.3 is 0 Å². The molecular weight excluding hydrogens is 643 g/mol. The zero-order valence-electron chi connectivity index (χ0n) is 19.2. The minimum atomic E-state index is 0. The average molecular weight is 665 g/mol. The van der Waals surface area contributed by atoms with E-state index in [1.54, 1.807) is 17.4 Å². The Morgan fingerprint density at radius 2 is 1.47 bits per heavy atom. The molecule has 0 fully saturated rings. The number of para-hydroxylation sites is 2. The Labute approximate surface area is 228 Å². The molecule has 0 atom stereocenters. The first-order valence-electron chi connectivity index (χ1n) is 11.4. The number of phenolic OH excluding ortho intramolecular Hbond substituents is 1. The van der Waals surface area contributed by atoms with Crippen LogP contribution in [0.15, 0.2) is 109 Å². The Balaban J connectivity index is 0.00000267. The zero-order chi connectivity index (χ0) is 23.6. The van der Waals surface area contributed by atoms with E-state index in [1.807, 2.05) is 48.7 Å². The molecule has 4 aromatic carbocycles. The second-order valence-corrected chi connectivity index (χ2v) is 9.41. The number of hydrogen-bond acceptors (Lipinski definition) is 4. The van der Waals surface area contributed by atoms with E-state index >= 15 is 0 Å². The summed E-state index contributed by atoms with van der Waals surface area (Å²) in [7, 11) is 0. The Hall–Kier alpha value is -3.59. The number of fused-ring (bicyclic) bond motifs is 1. The van der Waals surface area contributed by atoms with Crippen molar-refractivity contribution in [2.45, 2.75) is 6.42 Å². The molecule has 2 aromatic heterocycles. The van der Waals surface area contributed by atoms with E-state index in [0.717, 1.165) is 49.6 Å². The van der Waals surface area contributed by atoms with Gasteiger partial charge in [0.15, 0.2) is 0 Å². The molecule has 0 amide bonds. The molecule has 6 rings (SSSR count). The van der Waals surface area contributed by atoms with E-state index in [-0.39, 0.29) is 26.8 Å². The van der Waals surface area contributed by atoms with Gasteiger partial charge in [-0.15, -0.1) is 40.7 Å². The second-order valence-electron chi connectivity index (χ2n) is 8.38. The largest absolute Gasteiger partial charge is 0.507 e. The van der Waals surface area contributed by atoms with Crippen LogP contribution < -0.4 is 0 Å². The van der Waals surface area contributed by atoms with Crippen molar-refractivity contribution < 1.29 is 26.2 Å². The van der Waals surface area contributed by atoms with E-state index in [4.69, 9.17) is 4.98 Å². The molecule has 0 saturated carbocycles. The molecule has 0 unspecified atom stereocenters. The number of aromatic nitrogens is 2. The van der Waals surface area contributed by atoms with E-state index in [9.17, 15) is 5.11 Å². The second kappa shape index (κ2) is 10.6. The third kappa shape index (κ3) is 4.88. The molecule has 0 radical (unpaired) electrons. The van der Waals surface area contributed by atoms with Crippen molar-refractivity contribution in [3.05, 3.63) is 127 Å². The molecule has 36 heavy (non-hydrogen) atoms. The fraction of sp³-hybridized carbons (Fsp3) is 0.0323. The number of phenols is 1. The van der Waals surface area contributed by atoms with E-state index in [1.165, 1.54) is 11.1 Å². The van der Waals surface area contributed by atoms with Crippen molar-refractivity contribution in [3.63, 3.8) is 0 Å². The van der Waals surface area contributed by atoms with Crippen molar-refractivity contribution >= 4 is 21.6 Å². The normalized spacial score (nSPS) is 10.8. The van der Waals surface area contributed by atoms with Gasteiger partial charge < -0.3 is 5.11 Å². The van der Waals surface area contributed by atoms with Crippen LogP contribution in [0.25, 0.3) is 43.2 Å². The molecule has 0 aliphatic rings. The van der Waals surface area contributed by atoms with Crippen molar-refractivity contribution in [2.24, 2.45) is 0 Å². The number of pyridine rings is 1. The summed E-state index contributed by atoms with van der Waals surface area (Å²) in [6, 6.07) is 38.0. The van der Waals surface area contributed by atoms with E-state index in [0.29, 0.717) is 0 Å². The maximum atomic E-state index is 10.4. The van der Waals surface area contributed by atoms with Crippen LogP contribution in [0.4, 0.5) is 0 Å². The molecule has 0 spiro atoms. The van der Waals surface area contributed by atoms with Gasteiger partial charge in [0.25, 0.3) is 0 Å². The summed E-state index contributed by atoms with van der Waals surface area (Å²) in [5, 5.41) is 11.2. The Morgan fingerprint density at radius 3 is 2.28 bits per heavy atom. The minimum absolute atomic E-state index is 0. The summed E-state index contributed by atoms with van der Waals surface area (Å²) in [4.78, 5) is 9.53. The molecule has 0 aliphatic heterocycles. The third-order valence-electron chi connectivity index (χ3n) is 5.96. The smallest absolute Gasteiger partial charge is 0.127 e. The van der Waals surface area contributed by atoms with Crippen LogP contribution in [0, 0.1) is 6.07 Å². The number of nitrogens with zero attached hydrogens (tertiary/aromatic N) is 2. The molecule has 3 nitrogen and oxygen atoms in total. The molecule has 6 aromatic rings. The van der Waals surface area contributed by atoms with Crippen molar-refractivity contribution in [3.8, 4) is 38.7 Å². The van der Waals surface area contributed by atoms with Crippen molar-refractivity contribution in [1.82, 2.24) is 9.97 Å². The molecule has 178 valence electrons. The summed E-state index contributed by atoms with van der Waals surface area (Å²) in [6.45, 7) is 0. The summed E-state index contributed by atoms with van der Waals surface area (Å²) in [5.41, 5.74) is 7.97. The van der Waals surface area contributed by atoms with Crippen LogP contribution in [0.5, 0.6) is 5.75 Å². The summed E-state index contributed by atoms with van der Waals surface area (Å²) in [6.07, 6.45) is 2.63. The van der Waals surface area contributed by atoms with Gasteiger partial charge in [-0.1, -0.05) is 77.9 Å². The van der Waals surface area contributed by atoms with E-state index < -0.39 is 0 Å². The fourth-order valence-corrected chi connectivity index (χ4v) is 5.33. The van der Waals surface area contributed by atoms with Gasteiger partial charge in [0, 0.05) is 37.7 Å². The van der Waals surface area contributed by atoms with Gasteiger partial charge in [-0.3, -0.25) is 4.98 Å². The number of thiazole rings is 1. The standard InChI is InChI=1S/C31H21N2OS.Pt/c34-28-14-5-4-11-26(28)31-33-30-25(12-8-15-29(30)35-31)23-18-22(17-21-9-2-1-3-10-21)19-24(20-23)27-13-6-7-16-32-27;/h1-16,18-19,34H,17H2;/q-1;. The fourth-order valence-electron chi connectivity index (χ4n) is 4.30. The van der Waals surface area contributed by atoms with Gasteiger partial charge in [0.2, 0.25) is 0 Å². The van der Waals surface area contributed by atoms with Crippen molar-refractivity contribution in [1.29, 1.82) is 0 Å². The maximum Gasteiger partial charge on any atom is 0.127 e. The van der Waals surface area contributed by atoms with Gasteiger partial charge in [-0.25, -0.2) is 4.98 Å². The van der Waals surface area contributed by atoms with Gasteiger partial charge in [0.1, 0.15) is 10.8 Å². The summed E-state index contributed by atoms with van der Waals surface area (Å²) in [5.74, 6) is 0.238. The van der Waals surface area contributed by atoms with Crippen LogP contribution >= 0.6 is 11.3 Å². The van der Waals surface area contributed by atoms with Crippen LogP contribution in [0.2, 0.25) is 0 Å². The first-order chi connectivity index (χ1) is 17.2. The molecule has 0 aliphatic carbocycles. The van der Waals surface area contributed by atoms with Crippen LogP contribution in [0.1, 0.15) is 11.1 Å². The SMILES string of the molecule is Oc1ccccc1-c1nc2c(-c3[c-]c(-c4ccccn4)cc(Cc4ccccc4)c3)cccc2s1.[Pt]. The molecule has 0 saturated heterocycles. The number of aromatic hydroxyl groups is 1. The Kier molecular flexibility index (Phi) is 7.08. The summed E-state index contributed by atoms with van der Waals surface area (Å²) < 4.78 is 1.07. The molecule has 2 heterocycles. The molecular formula is C31H21N2OPtS-. The van der Waals surface area contributed by atoms with Gasteiger partial charge in [-0.05, 0) is 36.2 Å². The zero-order valence-corrected chi connectivity index (χ0v) is 22.3. The predicted octanol–water partition coefficient (Wildman–Crippen LogP) is 7.79. The molecule has 0 bridgehead atoms. The number of rotatable bonds is 5. The van der Waals surface area contributed by atoms with Crippen LogP contribution in [-0.2, 0) is 27.5 Å². The Morgan fingerprint density at radius 1 is 0.722 bits per heavy atom. The summed E-state index contributed by atoms with van der Waals surface area (Å²) >= 11 is 1.58. The number of benzene rings is 4. The third-order valence-corrected chi connectivity index (χ3v) is 7.02. The van der Waals surface area contributed by atoms with Crippen LogP contribution in [0.3, 0.4) is 0 Å². The van der Waals surface area contributed by atoms with E-state index in [2.05, 4.69) is 65.6 Å². The minimum Gasteiger partial charge on any atom is -0.507 e. The molecule has 5 heteroatoms. The Bertz CT molecular complexity index is 1630. The van der Waals surface area contributed by atoms with Gasteiger partial charge in [0.05, 0.1) is 11.1 Å². The van der Waals surface area contributed by atoms with Crippen LogP contribution in [-0.4, -0.2) is 15.1 Å². The predicted molar refractivity (Wildman–Crippen MR) is 143 cm³/mol. The first-order valence-corrected chi connectivity index (χ1v) is 12.3. The molecule has 1 N–H and O–H groups in total. The monoisotopic (exact) mass is 664 g/mol. The quantitative estimate of drug-likeness (QED) is 0.192. The maximum absolute atomic E-state index is 10.4. The van der Waals surface area contributed by atoms with Gasteiger partial charge in [-0.2, -0.15) is 0 Å². The number of hydrogen-bond donors (Lipinski definition) is 1. The first kappa shape index (κ1) is 24.1.